The van der Waals surface area contributed by atoms with Crippen molar-refractivity contribution in [2.75, 3.05) is 13.1 Å². The molecule has 0 aliphatic heterocycles. The minimum atomic E-state index is 0.573. The molecule has 2 aromatic rings. The maximum Gasteiger partial charge on any atom is 0.165 e. The van der Waals surface area contributed by atoms with Gasteiger partial charge in [0.15, 0.2) is 10.8 Å². The Labute approximate surface area is 118 Å². The molecule has 1 aliphatic rings. The molecule has 1 atom stereocenters. The SMILES string of the molecule is CCNCC1CCCc2sc(-c3occc3C)nc21. The van der Waals surface area contributed by atoms with Crippen LogP contribution in [0.4, 0.5) is 0 Å². The molecule has 1 N–H and O–H groups in total. The van der Waals surface area contributed by atoms with Gasteiger partial charge in [0, 0.05) is 17.3 Å². The maximum absolute atomic E-state index is 5.58. The number of furan rings is 1. The van der Waals surface area contributed by atoms with Gasteiger partial charge >= 0.3 is 0 Å². The monoisotopic (exact) mass is 276 g/mol. The Morgan fingerprint density at radius 3 is 3.16 bits per heavy atom. The van der Waals surface area contributed by atoms with E-state index in [1.807, 2.05) is 17.4 Å². The fourth-order valence-corrected chi connectivity index (χ4v) is 3.96. The maximum atomic E-state index is 5.58. The zero-order valence-electron chi connectivity index (χ0n) is 11.5. The van der Waals surface area contributed by atoms with Gasteiger partial charge in [0.05, 0.1) is 12.0 Å². The predicted molar refractivity (Wildman–Crippen MR) is 78.8 cm³/mol. The Balaban J connectivity index is 1.91. The molecule has 3 rings (SSSR count). The van der Waals surface area contributed by atoms with Gasteiger partial charge in [-0.2, -0.15) is 0 Å². The molecule has 0 saturated heterocycles. The van der Waals surface area contributed by atoms with Crippen LogP contribution in [0.2, 0.25) is 0 Å². The van der Waals surface area contributed by atoms with Gasteiger partial charge in [0.1, 0.15) is 0 Å². The van der Waals surface area contributed by atoms with Crippen LogP contribution in [-0.4, -0.2) is 18.1 Å². The number of rotatable bonds is 4. The second-order valence-electron chi connectivity index (χ2n) is 5.16. The topological polar surface area (TPSA) is 38.1 Å². The summed E-state index contributed by atoms with van der Waals surface area (Å²) in [4.78, 5) is 6.33. The standard InChI is InChI=1S/C15H20N2OS/c1-3-16-9-11-5-4-6-12-13(11)17-15(19-12)14-10(2)7-8-18-14/h7-8,11,16H,3-6,9H2,1-2H3. The highest BCUT2D eigenvalue weighted by atomic mass is 32.1. The molecule has 0 spiro atoms. The molecule has 19 heavy (non-hydrogen) atoms. The Hall–Kier alpha value is -1.13. The van der Waals surface area contributed by atoms with Crippen LogP contribution in [0.5, 0.6) is 0 Å². The van der Waals surface area contributed by atoms with Gasteiger partial charge in [0.2, 0.25) is 0 Å². The van der Waals surface area contributed by atoms with E-state index in [4.69, 9.17) is 9.40 Å². The molecule has 1 aliphatic carbocycles. The number of fused-ring (bicyclic) bond motifs is 1. The zero-order valence-corrected chi connectivity index (χ0v) is 12.3. The van der Waals surface area contributed by atoms with Crippen molar-refractivity contribution in [2.45, 2.75) is 39.0 Å². The van der Waals surface area contributed by atoms with E-state index in [0.29, 0.717) is 5.92 Å². The quantitative estimate of drug-likeness (QED) is 0.924. The third-order valence-corrected chi connectivity index (χ3v) is 4.90. The number of thiazole rings is 1. The molecule has 0 aromatic carbocycles. The summed E-state index contributed by atoms with van der Waals surface area (Å²) in [5.74, 6) is 1.52. The van der Waals surface area contributed by atoms with Crippen molar-refractivity contribution in [3.8, 4) is 10.8 Å². The van der Waals surface area contributed by atoms with Gasteiger partial charge in [-0.05, 0) is 44.4 Å². The summed E-state index contributed by atoms with van der Waals surface area (Å²) in [6, 6.07) is 2.01. The lowest BCUT2D eigenvalue weighted by molar-refractivity contribution is 0.508. The molecule has 3 nitrogen and oxygen atoms in total. The molecule has 0 amide bonds. The predicted octanol–water partition coefficient (Wildman–Crippen LogP) is 3.74. The molecule has 2 aromatic heterocycles. The first-order chi connectivity index (χ1) is 9.29. The molecule has 1 unspecified atom stereocenters. The smallest absolute Gasteiger partial charge is 0.165 e. The van der Waals surface area contributed by atoms with Crippen LogP contribution < -0.4 is 5.32 Å². The van der Waals surface area contributed by atoms with E-state index in [0.717, 1.165) is 23.9 Å². The van der Waals surface area contributed by atoms with Crippen LogP contribution in [0.3, 0.4) is 0 Å². The van der Waals surface area contributed by atoms with Crippen LogP contribution in [0.1, 0.15) is 41.8 Å². The van der Waals surface area contributed by atoms with E-state index in [9.17, 15) is 0 Å². The van der Waals surface area contributed by atoms with Gasteiger partial charge in [0.25, 0.3) is 0 Å². The number of likely N-dealkylation sites (N-methyl/N-ethyl adjacent to an activating group) is 1. The minimum Gasteiger partial charge on any atom is -0.462 e. The highest BCUT2D eigenvalue weighted by molar-refractivity contribution is 7.15. The first-order valence-corrected chi connectivity index (χ1v) is 7.86. The van der Waals surface area contributed by atoms with Gasteiger partial charge < -0.3 is 9.73 Å². The van der Waals surface area contributed by atoms with E-state index in [-0.39, 0.29) is 0 Å². The van der Waals surface area contributed by atoms with E-state index in [2.05, 4.69) is 19.2 Å². The normalized spacial score (nSPS) is 18.5. The zero-order chi connectivity index (χ0) is 13.2. The van der Waals surface area contributed by atoms with Crippen LogP contribution in [0, 0.1) is 6.92 Å². The molecule has 4 heteroatoms. The molecular formula is C15H20N2OS. The summed E-state index contributed by atoms with van der Waals surface area (Å²) in [6.07, 6.45) is 5.46. The largest absolute Gasteiger partial charge is 0.462 e. The molecule has 2 heterocycles. The average Bonchev–Trinajstić information content (AvgIpc) is 3.01. The van der Waals surface area contributed by atoms with Gasteiger partial charge in [-0.15, -0.1) is 11.3 Å². The number of nitrogens with zero attached hydrogens (tertiary/aromatic N) is 1. The van der Waals surface area contributed by atoms with E-state index >= 15 is 0 Å². The summed E-state index contributed by atoms with van der Waals surface area (Å²) in [5, 5.41) is 4.51. The van der Waals surface area contributed by atoms with Crippen molar-refractivity contribution >= 4 is 11.3 Å². The first-order valence-electron chi connectivity index (χ1n) is 7.04. The van der Waals surface area contributed by atoms with Gasteiger partial charge in [-0.25, -0.2) is 4.98 Å². The highest BCUT2D eigenvalue weighted by Gasteiger charge is 2.25. The first kappa shape index (κ1) is 12.9. The third-order valence-electron chi connectivity index (χ3n) is 3.77. The Kier molecular flexibility index (Phi) is 3.71. The molecule has 0 bridgehead atoms. The number of aryl methyl sites for hydroxylation is 2. The fourth-order valence-electron chi connectivity index (χ4n) is 2.71. The Bertz CT molecular complexity index is 558. The lowest BCUT2D eigenvalue weighted by Crippen LogP contribution is -2.23. The van der Waals surface area contributed by atoms with E-state index in [1.165, 1.54) is 35.4 Å². The van der Waals surface area contributed by atoms with Crippen LogP contribution >= 0.6 is 11.3 Å². The van der Waals surface area contributed by atoms with Crippen molar-refractivity contribution < 1.29 is 4.42 Å². The van der Waals surface area contributed by atoms with Crippen molar-refractivity contribution in [1.29, 1.82) is 0 Å². The van der Waals surface area contributed by atoms with E-state index in [1.54, 1.807) is 6.26 Å². The Morgan fingerprint density at radius 2 is 2.42 bits per heavy atom. The van der Waals surface area contributed by atoms with Gasteiger partial charge in [-0.3, -0.25) is 0 Å². The highest BCUT2D eigenvalue weighted by Crippen LogP contribution is 2.38. The van der Waals surface area contributed by atoms with Crippen molar-refractivity contribution in [3.63, 3.8) is 0 Å². The number of aromatic nitrogens is 1. The second-order valence-corrected chi connectivity index (χ2v) is 6.24. The molecule has 102 valence electrons. The molecule has 0 fully saturated rings. The second kappa shape index (κ2) is 5.47. The fraction of sp³-hybridized carbons (Fsp3) is 0.533. The minimum absolute atomic E-state index is 0.573. The summed E-state index contributed by atoms with van der Waals surface area (Å²) in [5.41, 5.74) is 2.48. The average molecular weight is 276 g/mol. The number of hydrogen-bond acceptors (Lipinski definition) is 4. The third kappa shape index (κ3) is 2.47. The molecule has 0 saturated carbocycles. The van der Waals surface area contributed by atoms with Crippen molar-refractivity contribution in [2.24, 2.45) is 0 Å². The lowest BCUT2D eigenvalue weighted by atomic mass is 9.91. The summed E-state index contributed by atoms with van der Waals surface area (Å²) >= 11 is 1.81. The summed E-state index contributed by atoms with van der Waals surface area (Å²) < 4.78 is 5.58. The van der Waals surface area contributed by atoms with Crippen LogP contribution in [-0.2, 0) is 6.42 Å². The summed E-state index contributed by atoms with van der Waals surface area (Å²) in [7, 11) is 0. The molecule has 0 radical (unpaired) electrons. The Morgan fingerprint density at radius 1 is 1.53 bits per heavy atom. The number of nitrogens with one attached hydrogen (secondary N) is 1. The van der Waals surface area contributed by atoms with Crippen molar-refractivity contribution in [3.05, 3.63) is 28.5 Å². The lowest BCUT2D eigenvalue weighted by Gasteiger charge is -2.21. The number of hydrogen-bond donors (Lipinski definition) is 1. The summed E-state index contributed by atoms with van der Waals surface area (Å²) in [6.45, 7) is 6.31. The molecular weight excluding hydrogens is 256 g/mol. The van der Waals surface area contributed by atoms with Crippen LogP contribution in [0.15, 0.2) is 16.7 Å². The van der Waals surface area contributed by atoms with Crippen LogP contribution in [0.25, 0.3) is 10.8 Å². The van der Waals surface area contributed by atoms with E-state index < -0.39 is 0 Å². The van der Waals surface area contributed by atoms with Gasteiger partial charge in [-0.1, -0.05) is 6.92 Å². The van der Waals surface area contributed by atoms with Crippen molar-refractivity contribution in [1.82, 2.24) is 10.3 Å².